The van der Waals surface area contributed by atoms with Crippen LogP contribution < -0.4 is 10.6 Å². The van der Waals surface area contributed by atoms with Crippen molar-refractivity contribution in [1.29, 1.82) is 0 Å². The maximum Gasteiger partial charge on any atom is 0.335 e. The highest BCUT2D eigenvalue weighted by Gasteiger charge is 2.20. The molecule has 2 aliphatic heterocycles. The van der Waals surface area contributed by atoms with E-state index in [4.69, 9.17) is 4.74 Å². The van der Waals surface area contributed by atoms with Crippen LogP contribution in [0.25, 0.3) is 0 Å². The number of ether oxygens (including phenoxy) is 1. The van der Waals surface area contributed by atoms with Gasteiger partial charge in [-0.1, -0.05) is 12.1 Å². The second kappa shape index (κ2) is 9.45. The van der Waals surface area contributed by atoms with Crippen LogP contribution in [0.1, 0.15) is 18.4 Å². The molecule has 0 spiro atoms. The van der Waals surface area contributed by atoms with Crippen molar-refractivity contribution in [3.63, 3.8) is 0 Å². The molecule has 148 valence electrons. The number of thioether (sulfide) groups is 1. The molecule has 7 nitrogen and oxygen atoms in total. The second-order valence-corrected chi connectivity index (χ2v) is 7.29. The van der Waals surface area contributed by atoms with Gasteiger partial charge in [-0.3, -0.25) is 9.80 Å². The topological polar surface area (TPSA) is 83.0 Å². The van der Waals surface area contributed by atoms with Gasteiger partial charge < -0.3 is 15.4 Å². The first-order chi connectivity index (χ1) is 13.6. The maximum absolute atomic E-state index is 13.0. The average Bonchev–Trinajstić information content (AvgIpc) is 3.25. The van der Waals surface area contributed by atoms with E-state index < -0.39 is 0 Å². The van der Waals surface area contributed by atoms with Crippen LogP contribution in [0.15, 0.2) is 57.8 Å². The molecule has 1 aromatic carbocycles. The van der Waals surface area contributed by atoms with E-state index in [-0.39, 0.29) is 11.9 Å². The number of allylic oxidation sites excluding steroid dienone is 2. The zero-order valence-electron chi connectivity index (χ0n) is 16.0. The Morgan fingerprint density at radius 3 is 2.46 bits per heavy atom. The minimum absolute atomic E-state index is 0.291. The summed E-state index contributed by atoms with van der Waals surface area (Å²) in [5, 5.41) is 12.4. The van der Waals surface area contributed by atoms with Crippen LogP contribution in [-0.2, 0) is 14.3 Å². The average molecular weight is 401 g/mol. The fourth-order valence-corrected chi connectivity index (χ4v) is 3.36. The number of nitrogens with one attached hydrogen (secondary N) is 2. The zero-order chi connectivity index (χ0) is 19.9. The van der Waals surface area contributed by atoms with E-state index in [1.54, 1.807) is 23.9 Å². The van der Waals surface area contributed by atoms with Gasteiger partial charge in [0.15, 0.2) is 5.71 Å². The van der Waals surface area contributed by atoms with Crippen LogP contribution in [0.3, 0.4) is 0 Å². The lowest BCUT2D eigenvalue weighted by molar-refractivity contribution is -0.136. The van der Waals surface area contributed by atoms with Crippen LogP contribution in [0.2, 0.25) is 0 Å². The van der Waals surface area contributed by atoms with Gasteiger partial charge in [0.2, 0.25) is 0 Å². The fraction of sp³-hybridized carbons (Fsp3) is 0.350. The minimum Gasteiger partial charge on any atom is -0.466 e. The number of carbonyl (C=O) groups excluding carboxylic acids is 2. The number of benzene rings is 1. The number of esters is 1. The molecule has 3 rings (SSSR count). The zero-order valence-corrected chi connectivity index (χ0v) is 16.8. The first-order valence-electron chi connectivity index (χ1n) is 9.13. The Morgan fingerprint density at radius 2 is 1.89 bits per heavy atom. The number of dihydropyridines is 1. The molecule has 1 fully saturated rings. The van der Waals surface area contributed by atoms with Crippen molar-refractivity contribution in [3.8, 4) is 0 Å². The Hall–Kier alpha value is -2.74. The highest BCUT2D eigenvalue weighted by Crippen LogP contribution is 2.17. The number of carbonyl (C=O) groups is 2. The third kappa shape index (κ3) is 4.95. The molecule has 28 heavy (non-hydrogen) atoms. The molecule has 0 saturated carbocycles. The molecule has 8 heteroatoms. The number of hydrazone groups is 1. The summed E-state index contributed by atoms with van der Waals surface area (Å²) in [7, 11) is 1.34. The number of hydrogen-bond acceptors (Lipinski definition) is 7. The predicted molar refractivity (Wildman–Crippen MR) is 110 cm³/mol. The maximum atomic E-state index is 13.0. The number of methoxy groups -OCH3 is 1. The molecular weight excluding hydrogens is 376 g/mol. The van der Waals surface area contributed by atoms with E-state index in [1.165, 1.54) is 7.11 Å². The third-order valence-corrected chi connectivity index (χ3v) is 5.26. The van der Waals surface area contributed by atoms with Crippen LogP contribution in [0.5, 0.6) is 0 Å². The molecule has 2 N–H and O–H groups in total. The summed E-state index contributed by atoms with van der Waals surface area (Å²) >= 11 is 1.65. The first-order valence-corrected chi connectivity index (χ1v) is 10.4. The highest BCUT2D eigenvalue weighted by atomic mass is 32.2. The monoisotopic (exact) mass is 400 g/mol. The molecule has 0 aliphatic carbocycles. The van der Waals surface area contributed by atoms with Crippen LogP contribution in [-0.4, -0.2) is 55.6 Å². The molecule has 1 aromatic rings. The highest BCUT2D eigenvalue weighted by molar-refractivity contribution is 7.98. The summed E-state index contributed by atoms with van der Waals surface area (Å²) in [5.41, 5.74) is 1.64. The van der Waals surface area contributed by atoms with E-state index in [0.29, 0.717) is 23.7 Å². The molecule has 2 heterocycles. The molecular formula is C20H24N4O3S. The summed E-state index contributed by atoms with van der Waals surface area (Å²) in [4.78, 5) is 25.6. The fourth-order valence-electron chi connectivity index (χ4n) is 2.96. The van der Waals surface area contributed by atoms with E-state index in [0.717, 1.165) is 36.4 Å². The molecule has 0 atom stereocenters. The van der Waals surface area contributed by atoms with E-state index in [1.807, 2.05) is 35.5 Å². The van der Waals surface area contributed by atoms with Crippen molar-refractivity contribution in [1.82, 2.24) is 15.6 Å². The van der Waals surface area contributed by atoms with Crippen LogP contribution in [0, 0.1) is 0 Å². The van der Waals surface area contributed by atoms with Crippen molar-refractivity contribution in [2.45, 2.75) is 17.7 Å². The molecule has 0 bridgehead atoms. The van der Waals surface area contributed by atoms with Gasteiger partial charge in [0.05, 0.1) is 12.7 Å². The summed E-state index contributed by atoms with van der Waals surface area (Å²) in [5.74, 6) is -0.163. The Morgan fingerprint density at radius 1 is 1.18 bits per heavy atom. The molecule has 0 aromatic heterocycles. The first kappa shape index (κ1) is 20.0. The number of nitrogens with zero attached hydrogens (tertiary/aromatic N) is 2. The normalized spacial score (nSPS) is 16.8. The number of amides is 1. The van der Waals surface area contributed by atoms with Gasteiger partial charge in [-0.2, -0.15) is 5.10 Å². The lowest BCUT2D eigenvalue weighted by atomic mass is 10.1. The lowest BCUT2D eigenvalue weighted by Gasteiger charge is -2.19. The summed E-state index contributed by atoms with van der Waals surface area (Å²) in [6.45, 7) is 2.00. The molecule has 1 saturated heterocycles. The molecule has 0 unspecified atom stereocenters. The third-order valence-electron chi connectivity index (χ3n) is 4.52. The Labute approximate surface area is 168 Å². The second-order valence-electron chi connectivity index (χ2n) is 6.41. The Kier molecular flexibility index (Phi) is 6.76. The van der Waals surface area contributed by atoms with Gasteiger partial charge in [0.1, 0.15) is 5.82 Å². The van der Waals surface area contributed by atoms with Crippen LogP contribution >= 0.6 is 11.8 Å². The summed E-state index contributed by atoms with van der Waals surface area (Å²) in [6.07, 6.45) is 7.47. The van der Waals surface area contributed by atoms with Crippen molar-refractivity contribution in [3.05, 3.63) is 53.4 Å². The minimum atomic E-state index is -0.390. The van der Waals surface area contributed by atoms with Gasteiger partial charge in [-0.25, -0.2) is 4.79 Å². The van der Waals surface area contributed by atoms with Crippen molar-refractivity contribution in [2.75, 3.05) is 33.0 Å². The molecule has 2 aliphatic rings. The number of rotatable bonds is 6. The quantitative estimate of drug-likeness (QED) is 0.431. The van der Waals surface area contributed by atoms with Gasteiger partial charge in [-0.15, -0.1) is 11.8 Å². The van der Waals surface area contributed by atoms with Gasteiger partial charge in [0, 0.05) is 30.1 Å². The van der Waals surface area contributed by atoms with E-state index >= 15 is 0 Å². The Bertz CT molecular complexity index is 824. The predicted octanol–water partition coefficient (Wildman–Crippen LogP) is 1.87. The summed E-state index contributed by atoms with van der Waals surface area (Å²) in [6, 6.07) is 7.79. The largest absolute Gasteiger partial charge is 0.466 e. The van der Waals surface area contributed by atoms with E-state index in [2.05, 4.69) is 15.7 Å². The smallest absolute Gasteiger partial charge is 0.335 e. The van der Waals surface area contributed by atoms with Gasteiger partial charge >= 0.3 is 5.97 Å². The van der Waals surface area contributed by atoms with Crippen LogP contribution in [0.4, 0.5) is 0 Å². The van der Waals surface area contributed by atoms with Gasteiger partial charge in [-0.05, 0) is 43.4 Å². The summed E-state index contributed by atoms with van der Waals surface area (Å²) < 4.78 is 4.71. The van der Waals surface area contributed by atoms with Crippen molar-refractivity contribution >= 4 is 29.4 Å². The SMILES string of the molecule is COC(=O)C1=CC=C(NC(=O)C(=NN2CCCC2)c2ccc(SC)cc2)NC1. The lowest BCUT2D eigenvalue weighted by Crippen LogP contribution is -2.39. The molecule has 0 radical (unpaired) electrons. The van der Waals surface area contributed by atoms with Crippen molar-refractivity contribution < 1.29 is 14.3 Å². The van der Waals surface area contributed by atoms with E-state index in [9.17, 15) is 9.59 Å². The molecule has 1 amide bonds. The standard InChI is InChI=1S/C20H24N4O3S/c1-27-20(26)15-7-10-17(21-13-15)22-19(25)18(23-24-11-3-4-12-24)14-5-8-16(28-2)9-6-14/h5-10,21H,3-4,11-13H2,1-2H3,(H,22,25). The van der Waals surface area contributed by atoms with Crippen molar-refractivity contribution in [2.24, 2.45) is 5.10 Å². The van der Waals surface area contributed by atoms with Gasteiger partial charge in [0.25, 0.3) is 5.91 Å². The number of hydrogen-bond donors (Lipinski definition) is 2. The Balaban J connectivity index is 1.79.